The van der Waals surface area contributed by atoms with Gasteiger partial charge in [-0.1, -0.05) is 0 Å². The van der Waals surface area contributed by atoms with Gasteiger partial charge in [0.05, 0.1) is 0 Å². The van der Waals surface area contributed by atoms with E-state index in [2.05, 4.69) is 5.32 Å². The van der Waals surface area contributed by atoms with E-state index in [9.17, 15) is 14.4 Å². The Bertz CT molecular complexity index is 257. The van der Waals surface area contributed by atoms with Crippen molar-refractivity contribution in [1.82, 2.24) is 5.32 Å². The van der Waals surface area contributed by atoms with Gasteiger partial charge in [0.25, 0.3) is 0 Å². The number of nitrogens with one attached hydrogen (secondary N) is 1. The number of carbonyl (C=O) groups is 3. The van der Waals surface area contributed by atoms with E-state index in [0.29, 0.717) is 0 Å². The Kier molecular flexibility index (Phi) is 7.22. The van der Waals surface area contributed by atoms with E-state index in [1.807, 2.05) is 0 Å². The van der Waals surface area contributed by atoms with Crippen molar-refractivity contribution in [3.8, 4) is 0 Å². The van der Waals surface area contributed by atoms with Crippen molar-refractivity contribution >= 4 is 15.7 Å². The molecule has 0 saturated heterocycles. The average Bonchev–Trinajstić information content (AvgIpc) is 2.21. The molecule has 1 amide bonds. The van der Waals surface area contributed by atoms with Crippen molar-refractivity contribution in [2.75, 3.05) is 11.5 Å². The third-order valence-electron chi connectivity index (χ3n) is 1.60. The number of carbonyl (C=O) groups excluding carboxylic acids is 2. The molecule has 0 aliphatic heterocycles. The second-order valence-electron chi connectivity index (χ2n) is 2.74. The number of carboxylic acid groups (broad SMARTS) is 1. The summed E-state index contributed by atoms with van der Waals surface area (Å²) in [7, 11) is 0. The zero-order chi connectivity index (χ0) is 11.8. The van der Waals surface area contributed by atoms with Crippen molar-refractivity contribution in [3.05, 3.63) is 0 Å². The second-order valence-corrected chi connectivity index (χ2v) is 4.88. The van der Waals surface area contributed by atoms with Crippen LogP contribution in [0.3, 0.4) is 0 Å². The molecule has 6 nitrogen and oxygen atoms in total. The van der Waals surface area contributed by atoms with Crippen LogP contribution in [-0.4, -0.2) is 38.3 Å². The van der Waals surface area contributed by atoms with Gasteiger partial charge in [-0.15, -0.1) is 0 Å². The molecule has 0 saturated carbocycles. The van der Waals surface area contributed by atoms with Crippen LogP contribution in [0, 0.1) is 0 Å². The van der Waals surface area contributed by atoms with E-state index in [1.165, 1.54) is 0 Å². The molecule has 7 heteroatoms. The van der Waals surface area contributed by atoms with Gasteiger partial charge in [0.15, 0.2) is 0 Å². The van der Waals surface area contributed by atoms with Gasteiger partial charge < -0.3 is 0 Å². The molecule has 1 unspecified atom stereocenters. The zero-order valence-electron chi connectivity index (χ0n) is 8.33. The first kappa shape index (κ1) is 14.3. The van der Waals surface area contributed by atoms with Crippen LogP contribution in [0.15, 0.2) is 0 Å². The summed E-state index contributed by atoms with van der Waals surface area (Å²) in [5.74, 6) is -1.48. The van der Waals surface area contributed by atoms with Crippen molar-refractivity contribution < 1.29 is 40.7 Å². The fourth-order valence-electron chi connectivity index (χ4n) is 0.827. The molecule has 0 spiro atoms. The fraction of sp³-hybridized carbons (Fsp3) is 0.625. The van der Waals surface area contributed by atoms with E-state index >= 15 is 0 Å². The van der Waals surface area contributed by atoms with Crippen LogP contribution in [-0.2, 0) is 14.4 Å². The zero-order valence-corrected chi connectivity index (χ0v) is 10.5. The predicted molar refractivity (Wildman–Crippen MR) is 48.8 cm³/mol. The Morgan fingerprint density at radius 1 is 1.40 bits per heavy atom. The molecule has 0 aromatic carbocycles. The van der Waals surface area contributed by atoms with Crippen molar-refractivity contribution in [3.63, 3.8) is 0 Å². The first-order valence-electron chi connectivity index (χ1n) is 4.25. The Morgan fingerprint density at radius 2 is 2.00 bits per heavy atom. The standard InChI is InChI=1S/C8H14IN2O4/c1-9-8(15)5(4-10)11-6(12)2-3-7(13)14/h5H,2-4,10H2,1H3,(H,11,12)(H,13,14)/q-1. The normalized spacial score (nSPS) is 12.1. The summed E-state index contributed by atoms with van der Waals surface area (Å²) in [4.78, 5) is 34.4. The first-order valence-corrected chi connectivity index (χ1v) is 7.49. The van der Waals surface area contributed by atoms with Gasteiger partial charge in [0.2, 0.25) is 0 Å². The molecule has 88 valence electrons. The number of halogens is 1. The van der Waals surface area contributed by atoms with Gasteiger partial charge in [-0.05, 0) is 0 Å². The second kappa shape index (κ2) is 7.57. The maximum atomic E-state index is 11.3. The van der Waals surface area contributed by atoms with E-state index in [1.54, 1.807) is 4.93 Å². The van der Waals surface area contributed by atoms with Crippen LogP contribution in [0.2, 0.25) is 0 Å². The molecule has 0 aromatic heterocycles. The Morgan fingerprint density at radius 3 is 2.40 bits per heavy atom. The SMILES string of the molecule is C[I-]C(=O)C(CN)NC(=O)CCC(=O)O. The van der Waals surface area contributed by atoms with E-state index < -0.39 is 39.1 Å². The summed E-state index contributed by atoms with van der Waals surface area (Å²) in [6.45, 7) is 0.0607. The molecule has 0 aromatic rings. The van der Waals surface area contributed by atoms with E-state index in [0.717, 1.165) is 0 Å². The molecule has 4 N–H and O–H groups in total. The van der Waals surface area contributed by atoms with Crippen molar-refractivity contribution in [2.24, 2.45) is 5.73 Å². The van der Waals surface area contributed by atoms with E-state index in [-0.39, 0.29) is 23.2 Å². The monoisotopic (exact) mass is 329 g/mol. The summed E-state index contributed by atoms with van der Waals surface area (Å²) in [6.07, 6.45) is -0.361. The molecule has 1 atom stereocenters. The number of hydrogen-bond donors (Lipinski definition) is 3. The van der Waals surface area contributed by atoms with Crippen LogP contribution in [0.4, 0.5) is 0 Å². The molecular weight excluding hydrogens is 315 g/mol. The number of aliphatic carboxylic acids is 1. The number of amides is 1. The molecule has 0 bridgehead atoms. The molecule has 0 aliphatic rings. The number of alkyl halides is 1. The summed E-state index contributed by atoms with van der Waals surface area (Å²) < 4.78 is -0.0417. The number of nitrogens with two attached hydrogens (primary N) is 1. The quantitative estimate of drug-likeness (QED) is 0.248. The maximum absolute atomic E-state index is 11.3. The van der Waals surface area contributed by atoms with Crippen LogP contribution >= 0.6 is 0 Å². The Balaban J connectivity index is 4.01. The van der Waals surface area contributed by atoms with Crippen LogP contribution in [0.5, 0.6) is 0 Å². The molecule has 0 fully saturated rings. The van der Waals surface area contributed by atoms with Crippen LogP contribution in [0.25, 0.3) is 0 Å². The Labute approximate surface area is 97.8 Å². The molecule has 15 heavy (non-hydrogen) atoms. The molecular formula is C8H14IN2O4-. The fourth-order valence-corrected chi connectivity index (χ4v) is 1.99. The molecule has 0 aliphatic carbocycles. The van der Waals surface area contributed by atoms with Gasteiger partial charge in [0.1, 0.15) is 0 Å². The third kappa shape index (κ3) is 6.39. The van der Waals surface area contributed by atoms with Gasteiger partial charge >= 0.3 is 97.8 Å². The summed E-state index contributed by atoms with van der Waals surface area (Å²) >= 11 is -0.606. The van der Waals surface area contributed by atoms with Crippen molar-refractivity contribution in [2.45, 2.75) is 18.9 Å². The minimum absolute atomic E-state index is 0.0417. The van der Waals surface area contributed by atoms with Gasteiger partial charge in [0, 0.05) is 0 Å². The Hall–Kier alpha value is -0.700. The molecule has 0 rings (SSSR count). The summed E-state index contributed by atoms with van der Waals surface area (Å²) in [5, 5.41) is 10.8. The van der Waals surface area contributed by atoms with Crippen LogP contribution < -0.4 is 32.3 Å². The van der Waals surface area contributed by atoms with Crippen LogP contribution in [0.1, 0.15) is 12.8 Å². The summed E-state index contributed by atoms with van der Waals surface area (Å²) in [5.41, 5.74) is 5.32. The first-order chi connectivity index (χ1) is 7.01. The molecule has 0 heterocycles. The van der Waals surface area contributed by atoms with E-state index in [4.69, 9.17) is 10.8 Å². The van der Waals surface area contributed by atoms with Crippen molar-refractivity contribution in [1.29, 1.82) is 0 Å². The van der Waals surface area contributed by atoms with Gasteiger partial charge in [-0.2, -0.15) is 0 Å². The van der Waals surface area contributed by atoms with Gasteiger partial charge in [-0.25, -0.2) is 0 Å². The average molecular weight is 329 g/mol. The number of hydrogen-bond acceptors (Lipinski definition) is 4. The third-order valence-corrected chi connectivity index (χ3v) is 3.41. The number of carboxylic acids is 1. The topological polar surface area (TPSA) is 109 Å². The predicted octanol–water partition coefficient (Wildman–Crippen LogP) is -4.46. The minimum atomic E-state index is -1.04. The summed E-state index contributed by atoms with van der Waals surface area (Å²) in [6, 6.07) is -0.649. The van der Waals surface area contributed by atoms with Gasteiger partial charge in [-0.3, -0.25) is 0 Å². The number of rotatable bonds is 7. The molecule has 0 radical (unpaired) electrons.